The normalized spacial score (nSPS) is 25.3. The molecule has 0 aromatic carbocycles. The van der Waals surface area contributed by atoms with Gasteiger partial charge in [0.1, 0.15) is 17.5 Å². The summed E-state index contributed by atoms with van der Waals surface area (Å²) >= 11 is 0. The van der Waals surface area contributed by atoms with E-state index in [2.05, 4.69) is 52.2 Å². The van der Waals surface area contributed by atoms with Crippen LogP contribution in [0, 0.1) is 17.2 Å². The van der Waals surface area contributed by atoms with Crippen LogP contribution in [-0.4, -0.2) is 47.4 Å². The Morgan fingerprint density at radius 2 is 1.97 bits per heavy atom. The first-order valence-corrected chi connectivity index (χ1v) is 12.8. The van der Waals surface area contributed by atoms with Crippen LogP contribution in [0.5, 0.6) is 0 Å². The fraction of sp³-hybridized carbons (Fsp3) is 0.593. The number of anilines is 2. The zero-order valence-corrected chi connectivity index (χ0v) is 20.0. The Balaban J connectivity index is 1.39. The molecule has 2 saturated heterocycles. The van der Waals surface area contributed by atoms with Crippen LogP contribution in [0.2, 0.25) is 0 Å². The molecule has 0 bridgehead atoms. The van der Waals surface area contributed by atoms with E-state index in [1.807, 2.05) is 12.2 Å². The van der Waals surface area contributed by atoms with Gasteiger partial charge < -0.3 is 15.1 Å². The molecule has 2 unspecified atom stereocenters. The summed E-state index contributed by atoms with van der Waals surface area (Å²) in [5.74, 6) is 4.07. The highest BCUT2D eigenvalue weighted by Crippen LogP contribution is 2.46. The minimum Gasteiger partial charge on any atom is -0.353 e. The highest BCUT2D eigenvalue weighted by atomic mass is 15.3. The Morgan fingerprint density at radius 3 is 2.64 bits per heavy atom. The fourth-order valence-corrected chi connectivity index (χ4v) is 5.92. The highest BCUT2D eigenvalue weighted by molar-refractivity contribution is 6.04. The van der Waals surface area contributed by atoms with Crippen molar-refractivity contribution in [2.75, 3.05) is 29.9 Å². The maximum Gasteiger partial charge on any atom is 0.134 e. The van der Waals surface area contributed by atoms with Crippen LogP contribution in [0.15, 0.2) is 41.1 Å². The summed E-state index contributed by atoms with van der Waals surface area (Å²) in [7, 11) is 0. The molecule has 3 aliphatic heterocycles. The molecule has 1 aromatic rings. The maximum absolute atomic E-state index is 9.37. The van der Waals surface area contributed by atoms with Crippen molar-refractivity contribution in [3.63, 3.8) is 0 Å². The van der Waals surface area contributed by atoms with Crippen molar-refractivity contribution in [2.24, 2.45) is 10.9 Å². The zero-order valence-electron chi connectivity index (χ0n) is 20.0. The van der Waals surface area contributed by atoms with E-state index < -0.39 is 0 Å². The first kappa shape index (κ1) is 22.2. The Morgan fingerprint density at radius 1 is 1.15 bits per heavy atom. The predicted molar refractivity (Wildman–Crippen MR) is 135 cm³/mol. The van der Waals surface area contributed by atoms with Gasteiger partial charge in [0, 0.05) is 36.8 Å². The number of hydrogen-bond acceptors (Lipinski definition) is 6. The Hall–Kier alpha value is -2.65. The van der Waals surface area contributed by atoms with Crippen molar-refractivity contribution in [2.45, 2.75) is 76.8 Å². The van der Waals surface area contributed by atoms with Crippen molar-refractivity contribution < 1.29 is 0 Å². The van der Waals surface area contributed by atoms with Gasteiger partial charge in [0.25, 0.3) is 0 Å². The number of nitriles is 1. The third-order valence-corrected chi connectivity index (χ3v) is 7.98. The van der Waals surface area contributed by atoms with Gasteiger partial charge in [-0.2, -0.15) is 5.26 Å². The maximum atomic E-state index is 9.37. The molecule has 3 fully saturated rings. The summed E-state index contributed by atoms with van der Waals surface area (Å²) in [5.41, 5.74) is 2.10. The first-order chi connectivity index (χ1) is 16.2. The van der Waals surface area contributed by atoms with Crippen LogP contribution >= 0.6 is 0 Å². The monoisotopic (exact) mass is 444 g/mol. The van der Waals surface area contributed by atoms with Gasteiger partial charge in [-0.1, -0.05) is 19.9 Å². The Bertz CT molecular complexity index is 990. The van der Waals surface area contributed by atoms with Crippen LogP contribution in [0.3, 0.4) is 0 Å². The molecule has 6 heteroatoms. The number of nitrogens with one attached hydrogen (secondary N) is 1. The van der Waals surface area contributed by atoms with Crippen molar-refractivity contribution in [3.05, 3.63) is 41.6 Å². The minimum atomic E-state index is 0.566. The summed E-state index contributed by atoms with van der Waals surface area (Å²) in [6.45, 7) is 8.09. The number of rotatable bonds is 6. The molecule has 5 rings (SSSR count). The molecule has 6 nitrogen and oxygen atoms in total. The van der Waals surface area contributed by atoms with Gasteiger partial charge in [0.2, 0.25) is 0 Å². The third-order valence-electron chi connectivity index (χ3n) is 7.98. The fourth-order valence-electron chi connectivity index (χ4n) is 5.92. The number of amidine groups is 1. The first-order valence-electron chi connectivity index (χ1n) is 12.8. The number of fused-ring (bicyclic) bond motifs is 1. The Labute approximate surface area is 198 Å². The number of aromatic nitrogens is 1. The smallest absolute Gasteiger partial charge is 0.134 e. The number of nitrogens with zero attached hydrogens (tertiary/aromatic N) is 5. The molecular formula is C27H36N6. The van der Waals surface area contributed by atoms with Crippen LogP contribution in [0.1, 0.15) is 70.3 Å². The van der Waals surface area contributed by atoms with Crippen molar-refractivity contribution in [3.8, 4) is 6.07 Å². The van der Waals surface area contributed by atoms with E-state index in [1.54, 1.807) is 6.20 Å². The quantitative estimate of drug-likeness (QED) is 0.651. The minimum absolute atomic E-state index is 0.566. The zero-order chi connectivity index (χ0) is 22.8. The van der Waals surface area contributed by atoms with Gasteiger partial charge in [0.15, 0.2) is 0 Å². The van der Waals surface area contributed by atoms with Crippen LogP contribution in [-0.2, 0) is 0 Å². The predicted octanol–water partition coefficient (Wildman–Crippen LogP) is 5.23. The lowest BCUT2D eigenvalue weighted by Gasteiger charge is -2.37. The van der Waals surface area contributed by atoms with Crippen LogP contribution in [0.25, 0.3) is 0 Å². The standard InChI is InChI=1S/C27H36N6/c1-3-23(4-2)32-11-7-20(8-12-32)22-16-26(30-25-14-19(18-28)6-5-10-29-25)31-27(17-22)33-13-9-21-15-24(21)33/h5,10,14,16-17,20-21,23-24H,3-4,6-9,11-13,15H2,1-2H3,(H,29,30,31). The molecule has 1 aliphatic carbocycles. The number of hydrogen-bond donors (Lipinski definition) is 1. The van der Waals surface area contributed by atoms with Crippen molar-refractivity contribution >= 4 is 17.5 Å². The highest BCUT2D eigenvalue weighted by Gasteiger charge is 2.47. The van der Waals surface area contributed by atoms with E-state index in [4.69, 9.17) is 4.98 Å². The molecule has 1 saturated carbocycles. The van der Waals surface area contributed by atoms with Crippen LogP contribution in [0.4, 0.5) is 11.6 Å². The Kier molecular flexibility index (Phi) is 6.50. The molecule has 1 aromatic heterocycles. The molecule has 0 radical (unpaired) electrons. The second kappa shape index (κ2) is 9.69. The molecule has 0 amide bonds. The van der Waals surface area contributed by atoms with Crippen molar-refractivity contribution in [1.29, 1.82) is 5.26 Å². The van der Waals surface area contributed by atoms with E-state index in [-0.39, 0.29) is 0 Å². The van der Waals surface area contributed by atoms with Gasteiger partial charge in [-0.3, -0.25) is 0 Å². The summed E-state index contributed by atoms with van der Waals surface area (Å²) in [6, 6.07) is 8.24. The number of allylic oxidation sites excluding steroid dienone is 2. The van der Waals surface area contributed by atoms with Crippen LogP contribution < -0.4 is 10.2 Å². The summed E-state index contributed by atoms with van der Waals surface area (Å²) in [6.07, 6.45) is 13.6. The average molecular weight is 445 g/mol. The van der Waals surface area contributed by atoms with E-state index in [0.717, 1.165) is 30.1 Å². The molecule has 0 spiro atoms. The molecule has 33 heavy (non-hydrogen) atoms. The largest absolute Gasteiger partial charge is 0.353 e. The number of piperidine rings is 2. The van der Waals surface area contributed by atoms with E-state index in [0.29, 0.717) is 29.8 Å². The third kappa shape index (κ3) is 4.84. The van der Waals surface area contributed by atoms with Crippen molar-refractivity contribution in [1.82, 2.24) is 9.88 Å². The summed E-state index contributed by atoms with van der Waals surface area (Å²) in [5, 5.41) is 12.8. The number of likely N-dealkylation sites (tertiary alicyclic amines) is 1. The topological polar surface area (TPSA) is 67.5 Å². The van der Waals surface area contributed by atoms with E-state index in [9.17, 15) is 5.26 Å². The summed E-state index contributed by atoms with van der Waals surface area (Å²) < 4.78 is 0. The van der Waals surface area contributed by atoms with Gasteiger partial charge in [-0.25, -0.2) is 9.98 Å². The molecule has 1 N–H and O–H groups in total. The average Bonchev–Trinajstić information content (AvgIpc) is 3.56. The van der Waals surface area contributed by atoms with E-state index in [1.165, 1.54) is 57.2 Å². The molecule has 174 valence electrons. The second-order valence-electron chi connectivity index (χ2n) is 9.98. The second-order valence-corrected chi connectivity index (χ2v) is 9.98. The van der Waals surface area contributed by atoms with Gasteiger partial charge in [-0.15, -0.1) is 0 Å². The summed E-state index contributed by atoms with van der Waals surface area (Å²) in [4.78, 5) is 14.7. The molecule has 4 heterocycles. The lowest BCUT2D eigenvalue weighted by atomic mass is 9.88. The van der Waals surface area contributed by atoms with Gasteiger partial charge in [0.05, 0.1) is 6.07 Å². The SMILES string of the molecule is CCC(CC)N1CCC(c2cc(NC3=NC=CCC(C#N)=C3)nc(N3CCC4CC43)c2)CC1. The molecular weight excluding hydrogens is 408 g/mol. The van der Waals surface area contributed by atoms with Gasteiger partial charge in [-0.05, 0) is 87.2 Å². The molecule has 2 atom stereocenters. The number of pyridine rings is 1. The lowest BCUT2D eigenvalue weighted by molar-refractivity contribution is 0.144. The van der Waals surface area contributed by atoms with E-state index >= 15 is 0 Å². The lowest BCUT2D eigenvalue weighted by Crippen LogP contribution is -2.40. The van der Waals surface area contributed by atoms with Gasteiger partial charge >= 0.3 is 0 Å². The molecule has 4 aliphatic rings. The number of aliphatic imine (C=N–C) groups is 1.